The van der Waals surface area contributed by atoms with Crippen molar-refractivity contribution in [3.8, 4) is 0 Å². The smallest absolute Gasteiger partial charge is 0.238 e. The molecule has 1 atom stereocenters. The van der Waals surface area contributed by atoms with Gasteiger partial charge in [-0.3, -0.25) is 4.79 Å². The molecule has 0 radical (unpaired) electrons. The first kappa shape index (κ1) is 12.2. The molecular weight excluding hydrogens is 261 g/mol. The van der Waals surface area contributed by atoms with E-state index in [1.54, 1.807) is 19.1 Å². The SMILES string of the molecule is CCC(Br)C(=O)Nc1ccc(C)cc1F. The molecule has 0 aliphatic rings. The number of rotatable bonds is 3. The standard InChI is InChI=1S/C11H13BrFNO/c1-3-8(12)11(15)14-10-5-4-7(2)6-9(10)13/h4-6,8H,3H2,1-2H3,(H,14,15). The highest BCUT2D eigenvalue weighted by Gasteiger charge is 2.13. The van der Waals surface area contributed by atoms with Crippen LogP contribution in [0.1, 0.15) is 18.9 Å². The zero-order valence-corrected chi connectivity index (χ0v) is 10.3. The predicted octanol–water partition coefficient (Wildman–Crippen LogP) is 3.25. The Labute approximate surface area is 97.0 Å². The summed E-state index contributed by atoms with van der Waals surface area (Å²) in [5.41, 5.74) is 1.06. The molecule has 1 aromatic carbocycles. The predicted molar refractivity (Wildman–Crippen MR) is 62.8 cm³/mol. The normalized spacial score (nSPS) is 12.3. The van der Waals surface area contributed by atoms with Crippen LogP contribution in [0.4, 0.5) is 10.1 Å². The van der Waals surface area contributed by atoms with Gasteiger partial charge in [-0.15, -0.1) is 0 Å². The highest BCUT2D eigenvalue weighted by Crippen LogP contribution is 2.17. The molecule has 1 unspecified atom stereocenters. The van der Waals surface area contributed by atoms with Crippen LogP contribution in [0.15, 0.2) is 18.2 Å². The van der Waals surface area contributed by atoms with Crippen LogP contribution in [0, 0.1) is 12.7 Å². The first-order valence-corrected chi connectivity index (χ1v) is 5.67. The molecule has 1 N–H and O–H groups in total. The average Bonchev–Trinajstić information content (AvgIpc) is 2.20. The second kappa shape index (κ2) is 5.26. The quantitative estimate of drug-likeness (QED) is 0.842. The Kier molecular flexibility index (Phi) is 4.27. The summed E-state index contributed by atoms with van der Waals surface area (Å²) in [5.74, 6) is -0.626. The van der Waals surface area contributed by atoms with Gasteiger partial charge in [0.1, 0.15) is 5.82 Å². The first-order chi connectivity index (χ1) is 7.04. The molecule has 1 rings (SSSR count). The Balaban J connectivity index is 2.77. The molecule has 82 valence electrons. The van der Waals surface area contributed by atoms with E-state index in [0.29, 0.717) is 6.42 Å². The van der Waals surface area contributed by atoms with Crippen LogP contribution in [0.2, 0.25) is 0 Å². The fourth-order valence-corrected chi connectivity index (χ4v) is 1.23. The molecule has 0 saturated heterocycles. The molecule has 4 heteroatoms. The van der Waals surface area contributed by atoms with Crippen molar-refractivity contribution in [2.24, 2.45) is 0 Å². The van der Waals surface area contributed by atoms with Crippen molar-refractivity contribution in [3.63, 3.8) is 0 Å². The van der Waals surface area contributed by atoms with Crippen LogP contribution >= 0.6 is 15.9 Å². The molecular formula is C11H13BrFNO. The number of benzene rings is 1. The summed E-state index contributed by atoms with van der Waals surface area (Å²) in [6, 6.07) is 4.72. The topological polar surface area (TPSA) is 29.1 Å². The van der Waals surface area contributed by atoms with Crippen molar-refractivity contribution in [2.75, 3.05) is 5.32 Å². The van der Waals surface area contributed by atoms with Crippen LogP contribution in [0.3, 0.4) is 0 Å². The van der Waals surface area contributed by atoms with E-state index in [0.717, 1.165) is 5.56 Å². The summed E-state index contributed by atoms with van der Waals surface area (Å²) < 4.78 is 13.3. The lowest BCUT2D eigenvalue weighted by Gasteiger charge is -2.09. The third-order valence-electron chi connectivity index (χ3n) is 2.03. The van der Waals surface area contributed by atoms with E-state index >= 15 is 0 Å². The van der Waals surface area contributed by atoms with E-state index in [9.17, 15) is 9.18 Å². The van der Waals surface area contributed by atoms with Crippen molar-refractivity contribution < 1.29 is 9.18 Å². The highest BCUT2D eigenvalue weighted by atomic mass is 79.9. The Morgan fingerprint density at radius 3 is 2.80 bits per heavy atom. The maximum atomic E-state index is 13.3. The van der Waals surface area contributed by atoms with Gasteiger partial charge < -0.3 is 5.32 Å². The second-order valence-electron chi connectivity index (χ2n) is 3.35. The van der Waals surface area contributed by atoms with Gasteiger partial charge in [0.2, 0.25) is 5.91 Å². The molecule has 1 amide bonds. The van der Waals surface area contributed by atoms with E-state index in [1.165, 1.54) is 6.07 Å². The number of halogens is 2. The summed E-state index contributed by atoms with van der Waals surface area (Å²) in [6.45, 7) is 3.68. The minimum absolute atomic E-state index is 0.222. The van der Waals surface area contributed by atoms with Gasteiger partial charge in [0.15, 0.2) is 0 Å². The minimum Gasteiger partial charge on any atom is -0.323 e. The number of carbonyl (C=O) groups excluding carboxylic acids is 1. The van der Waals surface area contributed by atoms with Crippen LogP contribution in [0.25, 0.3) is 0 Å². The summed E-state index contributed by atoms with van der Waals surface area (Å²) in [6.07, 6.45) is 0.666. The minimum atomic E-state index is -0.404. The molecule has 0 saturated carbocycles. The van der Waals surface area contributed by atoms with E-state index in [1.807, 2.05) is 6.92 Å². The lowest BCUT2D eigenvalue weighted by Crippen LogP contribution is -2.22. The van der Waals surface area contributed by atoms with E-state index < -0.39 is 5.82 Å². The molecule has 2 nitrogen and oxygen atoms in total. The third kappa shape index (κ3) is 3.30. The Morgan fingerprint density at radius 2 is 2.27 bits per heavy atom. The number of carbonyl (C=O) groups is 1. The van der Waals surface area contributed by atoms with E-state index in [4.69, 9.17) is 0 Å². The molecule has 0 aliphatic carbocycles. The summed E-state index contributed by atoms with van der Waals surface area (Å²) in [7, 11) is 0. The largest absolute Gasteiger partial charge is 0.323 e. The zero-order chi connectivity index (χ0) is 11.4. The first-order valence-electron chi connectivity index (χ1n) is 4.75. The van der Waals surface area contributed by atoms with Crippen molar-refractivity contribution in [1.82, 2.24) is 0 Å². The molecule has 0 spiro atoms. The summed E-state index contributed by atoms with van der Waals surface area (Å²) in [4.78, 5) is 11.2. The van der Waals surface area contributed by atoms with Crippen molar-refractivity contribution in [2.45, 2.75) is 25.1 Å². The number of alkyl halides is 1. The van der Waals surface area contributed by atoms with Gasteiger partial charge in [-0.2, -0.15) is 0 Å². The summed E-state index contributed by atoms with van der Waals surface area (Å²) >= 11 is 3.20. The zero-order valence-electron chi connectivity index (χ0n) is 8.68. The maximum Gasteiger partial charge on any atom is 0.238 e. The van der Waals surface area contributed by atoms with Gasteiger partial charge in [0, 0.05) is 0 Å². The van der Waals surface area contributed by atoms with Crippen molar-refractivity contribution in [1.29, 1.82) is 0 Å². The average molecular weight is 274 g/mol. The van der Waals surface area contributed by atoms with Gasteiger partial charge in [-0.1, -0.05) is 28.9 Å². The lowest BCUT2D eigenvalue weighted by molar-refractivity contribution is -0.115. The van der Waals surface area contributed by atoms with Crippen molar-refractivity contribution >= 4 is 27.5 Å². The lowest BCUT2D eigenvalue weighted by atomic mass is 10.2. The second-order valence-corrected chi connectivity index (χ2v) is 4.45. The fraction of sp³-hybridized carbons (Fsp3) is 0.364. The molecule has 0 heterocycles. The van der Waals surface area contributed by atoms with Gasteiger partial charge in [-0.05, 0) is 31.0 Å². The van der Waals surface area contributed by atoms with Gasteiger partial charge >= 0.3 is 0 Å². The Bertz CT molecular complexity index is 368. The van der Waals surface area contributed by atoms with Crippen LogP contribution in [-0.2, 0) is 4.79 Å². The molecule has 0 fully saturated rings. The summed E-state index contributed by atoms with van der Waals surface area (Å²) in [5, 5.41) is 2.53. The molecule has 0 aliphatic heterocycles. The number of nitrogens with one attached hydrogen (secondary N) is 1. The van der Waals surface area contributed by atoms with Gasteiger partial charge in [0.05, 0.1) is 10.5 Å². The van der Waals surface area contributed by atoms with E-state index in [2.05, 4.69) is 21.2 Å². The van der Waals surface area contributed by atoms with Gasteiger partial charge in [-0.25, -0.2) is 4.39 Å². The number of anilines is 1. The molecule has 15 heavy (non-hydrogen) atoms. The third-order valence-corrected chi connectivity index (χ3v) is 3.09. The van der Waals surface area contributed by atoms with E-state index in [-0.39, 0.29) is 16.4 Å². The number of aryl methyl sites for hydroxylation is 1. The fourth-order valence-electron chi connectivity index (χ4n) is 1.12. The highest BCUT2D eigenvalue weighted by molar-refractivity contribution is 9.10. The Morgan fingerprint density at radius 1 is 1.60 bits per heavy atom. The van der Waals surface area contributed by atoms with Crippen LogP contribution in [0.5, 0.6) is 0 Å². The molecule has 0 aromatic heterocycles. The maximum absolute atomic E-state index is 13.3. The molecule has 1 aromatic rings. The monoisotopic (exact) mass is 273 g/mol. The number of amides is 1. The Hall–Kier alpha value is -0.900. The number of hydrogen-bond donors (Lipinski definition) is 1. The molecule has 0 bridgehead atoms. The van der Waals surface area contributed by atoms with Gasteiger partial charge in [0.25, 0.3) is 0 Å². The van der Waals surface area contributed by atoms with Crippen LogP contribution < -0.4 is 5.32 Å². The number of hydrogen-bond acceptors (Lipinski definition) is 1. The van der Waals surface area contributed by atoms with Crippen LogP contribution in [-0.4, -0.2) is 10.7 Å². The van der Waals surface area contributed by atoms with Crippen molar-refractivity contribution in [3.05, 3.63) is 29.6 Å².